The van der Waals surface area contributed by atoms with Gasteiger partial charge in [0.25, 0.3) is 0 Å². The van der Waals surface area contributed by atoms with Crippen molar-refractivity contribution in [2.45, 2.75) is 52.3 Å². The van der Waals surface area contributed by atoms with Crippen molar-refractivity contribution in [1.29, 1.82) is 0 Å². The molecule has 0 radical (unpaired) electrons. The fourth-order valence-electron chi connectivity index (χ4n) is 1.78. The van der Waals surface area contributed by atoms with Crippen LogP contribution in [-0.2, 0) is 25.6 Å². The van der Waals surface area contributed by atoms with E-state index in [4.69, 9.17) is 9.47 Å². The lowest BCUT2D eigenvalue weighted by Gasteiger charge is -2.19. The number of alkyl carbamates (subject to hydrolysis) is 1. The molecular weight excluding hydrogens is 324 g/mol. The summed E-state index contributed by atoms with van der Waals surface area (Å²) in [6, 6.07) is 8.95. The molecule has 25 heavy (non-hydrogen) atoms. The van der Waals surface area contributed by atoms with E-state index in [-0.39, 0.29) is 13.0 Å². The van der Waals surface area contributed by atoms with E-state index < -0.39 is 29.7 Å². The molecule has 0 aromatic heterocycles. The molecular formula is C18H26N2O5. The van der Waals surface area contributed by atoms with E-state index in [9.17, 15) is 14.4 Å². The molecule has 0 fully saturated rings. The first kappa shape index (κ1) is 20.6. The topological polar surface area (TPSA) is 93.7 Å². The monoisotopic (exact) mass is 350 g/mol. The SMILES string of the molecule is C[C@H](NCc1ccccc1)C(=O)OC(=O)CCNC(=O)OC(C)(C)C. The lowest BCUT2D eigenvalue weighted by molar-refractivity contribution is -0.160. The maximum absolute atomic E-state index is 11.8. The summed E-state index contributed by atoms with van der Waals surface area (Å²) >= 11 is 0. The maximum atomic E-state index is 11.8. The van der Waals surface area contributed by atoms with Crippen molar-refractivity contribution in [3.8, 4) is 0 Å². The molecule has 138 valence electrons. The molecule has 0 heterocycles. The first-order valence-corrected chi connectivity index (χ1v) is 8.16. The minimum atomic E-state index is -0.700. The second-order valence-electron chi connectivity index (χ2n) is 6.56. The Kier molecular flexibility index (Phi) is 8.07. The zero-order chi connectivity index (χ0) is 18.9. The number of ether oxygens (including phenoxy) is 2. The molecule has 1 rings (SSSR count). The normalized spacial score (nSPS) is 12.2. The Bertz CT molecular complexity index is 581. The second-order valence-corrected chi connectivity index (χ2v) is 6.56. The van der Waals surface area contributed by atoms with Gasteiger partial charge in [-0.3, -0.25) is 4.79 Å². The van der Waals surface area contributed by atoms with Crippen molar-refractivity contribution in [1.82, 2.24) is 10.6 Å². The molecule has 0 bridgehead atoms. The largest absolute Gasteiger partial charge is 0.444 e. The predicted molar refractivity (Wildman–Crippen MR) is 92.7 cm³/mol. The highest BCUT2D eigenvalue weighted by molar-refractivity contribution is 5.88. The first-order valence-electron chi connectivity index (χ1n) is 8.16. The fourth-order valence-corrected chi connectivity index (χ4v) is 1.78. The molecule has 1 amide bonds. The Morgan fingerprint density at radius 1 is 1.12 bits per heavy atom. The van der Waals surface area contributed by atoms with E-state index in [1.54, 1.807) is 27.7 Å². The van der Waals surface area contributed by atoms with Crippen LogP contribution in [0.4, 0.5) is 4.79 Å². The summed E-state index contributed by atoms with van der Waals surface area (Å²) in [6.07, 6.45) is -0.736. The molecule has 1 atom stereocenters. The molecule has 7 nitrogen and oxygen atoms in total. The summed E-state index contributed by atoms with van der Waals surface area (Å²) in [4.78, 5) is 34.9. The Morgan fingerprint density at radius 2 is 1.76 bits per heavy atom. The smallest absolute Gasteiger partial charge is 0.407 e. The zero-order valence-electron chi connectivity index (χ0n) is 15.1. The van der Waals surface area contributed by atoms with Gasteiger partial charge in [-0.1, -0.05) is 30.3 Å². The summed E-state index contributed by atoms with van der Waals surface area (Å²) in [6.45, 7) is 7.37. The molecule has 1 aromatic rings. The molecule has 1 aromatic carbocycles. The van der Waals surface area contributed by atoms with Gasteiger partial charge in [-0.15, -0.1) is 0 Å². The van der Waals surface area contributed by atoms with Crippen LogP contribution in [-0.4, -0.2) is 36.2 Å². The van der Waals surface area contributed by atoms with E-state index in [1.165, 1.54) is 0 Å². The van der Waals surface area contributed by atoms with E-state index >= 15 is 0 Å². The van der Waals surface area contributed by atoms with Crippen molar-refractivity contribution in [2.75, 3.05) is 6.54 Å². The third kappa shape index (κ3) is 9.46. The van der Waals surface area contributed by atoms with Crippen molar-refractivity contribution < 1.29 is 23.9 Å². The Labute approximate surface area is 148 Å². The van der Waals surface area contributed by atoms with Gasteiger partial charge in [0.1, 0.15) is 11.6 Å². The third-order valence-corrected chi connectivity index (χ3v) is 3.02. The van der Waals surface area contributed by atoms with Gasteiger partial charge in [0, 0.05) is 13.1 Å². The minimum Gasteiger partial charge on any atom is -0.444 e. The highest BCUT2D eigenvalue weighted by Gasteiger charge is 2.19. The quantitative estimate of drug-likeness (QED) is 0.578. The predicted octanol–water partition coefficient (Wildman–Crippen LogP) is 2.15. The number of hydrogen-bond donors (Lipinski definition) is 2. The highest BCUT2D eigenvalue weighted by atomic mass is 16.6. The standard InChI is InChI=1S/C18H26N2O5/c1-13(20-12-14-8-6-5-7-9-14)16(22)24-15(21)10-11-19-17(23)25-18(2,3)4/h5-9,13,20H,10-12H2,1-4H3,(H,19,23)/t13-/m0/s1. The second kappa shape index (κ2) is 9.78. The van der Waals surface area contributed by atoms with Crippen molar-refractivity contribution in [3.63, 3.8) is 0 Å². The zero-order valence-corrected chi connectivity index (χ0v) is 15.1. The van der Waals surface area contributed by atoms with Crippen LogP contribution in [0, 0.1) is 0 Å². The molecule has 0 spiro atoms. The number of rotatable bonds is 7. The average molecular weight is 350 g/mol. The molecule has 0 saturated heterocycles. The molecule has 7 heteroatoms. The van der Waals surface area contributed by atoms with Gasteiger partial charge in [-0.25, -0.2) is 9.59 Å². The third-order valence-electron chi connectivity index (χ3n) is 3.02. The van der Waals surface area contributed by atoms with E-state index in [1.807, 2.05) is 30.3 Å². The van der Waals surface area contributed by atoms with Gasteiger partial charge in [0.2, 0.25) is 0 Å². The number of carbonyl (C=O) groups is 3. The van der Waals surface area contributed by atoms with Gasteiger partial charge in [-0.2, -0.15) is 0 Å². The molecule has 0 aliphatic carbocycles. The highest BCUT2D eigenvalue weighted by Crippen LogP contribution is 2.06. The Morgan fingerprint density at radius 3 is 2.36 bits per heavy atom. The van der Waals surface area contributed by atoms with Crippen LogP contribution in [0.5, 0.6) is 0 Å². The van der Waals surface area contributed by atoms with Gasteiger partial charge < -0.3 is 20.1 Å². The van der Waals surface area contributed by atoms with Crippen LogP contribution in [0.2, 0.25) is 0 Å². The number of amides is 1. The summed E-state index contributed by atoms with van der Waals surface area (Å²) in [5.74, 6) is -1.35. The Hall–Kier alpha value is -2.41. The molecule has 0 saturated carbocycles. The molecule has 0 aliphatic heterocycles. The summed E-state index contributed by atoms with van der Waals surface area (Å²) in [7, 11) is 0. The van der Waals surface area contributed by atoms with E-state index in [0.717, 1.165) is 5.56 Å². The van der Waals surface area contributed by atoms with Gasteiger partial charge >= 0.3 is 18.0 Å². The van der Waals surface area contributed by atoms with Crippen LogP contribution in [0.15, 0.2) is 30.3 Å². The lowest BCUT2D eigenvalue weighted by atomic mass is 10.2. The Balaban J connectivity index is 2.24. The summed E-state index contributed by atoms with van der Waals surface area (Å²) in [5, 5.41) is 5.42. The van der Waals surface area contributed by atoms with Crippen LogP contribution in [0.25, 0.3) is 0 Å². The average Bonchev–Trinajstić information content (AvgIpc) is 2.51. The minimum absolute atomic E-state index is 0.0346. The number of carbonyl (C=O) groups excluding carboxylic acids is 3. The van der Waals surface area contributed by atoms with E-state index in [0.29, 0.717) is 6.54 Å². The van der Waals surface area contributed by atoms with Crippen molar-refractivity contribution in [3.05, 3.63) is 35.9 Å². The molecule has 0 aliphatic rings. The van der Waals surface area contributed by atoms with Gasteiger partial charge in [0.05, 0.1) is 6.42 Å². The lowest BCUT2D eigenvalue weighted by Crippen LogP contribution is -2.37. The van der Waals surface area contributed by atoms with Crippen LogP contribution in [0.1, 0.15) is 39.7 Å². The number of esters is 2. The fraction of sp³-hybridized carbons (Fsp3) is 0.500. The van der Waals surface area contributed by atoms with Crippen molar-refractivity contribution >= 4 is 18.0 Å². The van der Waals surface area contributed by atoms with Gasteiger partial charge in [-0.05, 0) is 33.3 Å². The number of hydrogen-bond acceptors (Lipinski definition) is 6. The van der Waals surface area contributed by atoms with Crippen LogP contribution >= 0.6 is 0 Å². The van der Waals surface area contributed by atoms with Crippen LogP contribution < -0.4 is 10.6 Å². The van der Waals surface area contributed by atoms with Crippen molar-refractivity contribution in [2.24, 2.45) is 0 Å². The molecule has 0 unspecified atom stereocenters. The summed E-state index contributed by atoms with van der Waals surface area (Å²) in [5.41, 5.74) is 0.412. The van der Waals surface area contributed by atoms with Gasteiger partial charge in [0.15, 0.2) is 0 Å². The number of nitrogens with one attached hydrogen (secondary N) is 2. The molecule has 2 N–H and O–H groups in total. The number of benzene rings is 1. The first-order chi connectivity index (χ1) is 11.7. The van der Waals surface area contributed by atoms with E-state index in [2.05, 4.69) is 10.6 Å². The van der Waals surface area contributed by atoms with Crippen LogP contribution in [0.3, 0.4) is 0 Å². The maximum Gasteiger partial charge on any atom is 0.407 e. The summed E-state index contributed by atoms with van der Waals surface area (Å²) < 4.78 is 9.78.